The zero-order valence-corrected chi connectivity index (χ0v) is 20.7. The molecular formula is C26H32FN3O2Si-. The van der Waals surface area contributed by atoms with Gasteiger partial charge in [0.15, 0.2) is 0 Å². The number of hydrogen-bond acceptors (Lipinski definition) is 4. The summed E-state index contributed by atoms with van der Waals surface area (Å²) in [5.74, 6) is -0.558. The summed E-state index contributed by atoms with van der Waals surface area (Å²) in [5.41, 5.74) is 3.95. The van der Waals surface area contributed by atoms with E-state index in [0.717, 1.165) is 44.5 Å². The lowest BCUT2D eigenvalue weighted by Crippen LogP contribution is -2.35. The molecule has 0 atom stereocenters. The standard InChI is InChI=1S/C26H32FN3O2Si/c1-33(2,3)15-10-28-26(31)23-17-25(29-24-9-8-21(27)16-22(23)24)20-6-4-19(5-7-20)18-30-11-13-32-14-12-30/h4-9,16-17H,10-15,18H2,1-3H3,(H,28,31)/q-1. The van der Waals surface area contributed by atoms with E-state index in [0.29, 0.717) is 28.7 Å². The lowest BCUT2D eigenvalue weighted by Gasteiger charge is -2.27. The van der Waals surface area contributed by atoms with Crippen molar-refractivity contribution in [3.8, 4) is 11.3 Å². The number of amides is 1. The van der Waals surface area contributed by atoms with Crippen molar-refractivity contribution in [2.24, 2.45) is 0 Å². The molecule has 0 radical (unpaired) electrons. The molecule has 1 saturated heterocycles. The second kappa shape index (κ2) is 10.1. The molecule has 2 aromatic carbocycles. The maximum Gasteiger partial charge on any atom is 0.251 e. The van der Waals surface area contributed by atoms with Gasteiger partial charge >= 0.3 is 0 Å². The third-order valence-electron chi connectivity index (χ3n) is 5.94. The molecule has 5 nitrogen and oxygen atoms in total. The second-order valence-electron chi connectivity index (χ2n) is 9.87. The van der Waals surface area contributed by atoms with E-state index in [1.165, 1.54) is 17.7 Å². The Hall–Kier alpha value is -2.61. The fraction of sp³-hybridized carbons (Fsp3) is 0.385. The molecule has 33 heavy (non-hydrogen) atoms. The first kappa shape index (κ1) is 23.5. The predicted octanol–water partition coefficient (Wildman–Crippen LogP) is 4.94. The summed E-state index contributed by atoms with van der Waals surface area (Å²) >= 11 is 0. The normalized spacial score (nSPS) is 15.0. The molecular weight excluding hydrogens is 433 g/mol. The molecule has 0 bridgehead atoms. The number of halogens is 1. The van der Waals surface area contributed by atoms with Crippen molar-refractivity contribution >= 4 is 24.9 Å². The summed E-state index contributed by atoms with van der Waals surface area (Å²) in [7, 11) is -1.27. The molecule has 1 aliphatic heterocycles. The van der Waals surface area contributed by atoms with E-state index >= 15 is 0 Å². The fourth-order valence-corrected chi connectivity index (χ4v) is 4.85. The predicted molar refractivity (Wildman–Crippen MR) is 134 cm³/mol. The van der Waals surface area contributed by atoms with Crippen LogP contribution in [0.3, 0.4) is 0 Å². The number of ether oxygens (including phenoxy) is 1. The van der Waals surface area contributed by atoms with Gasteiger partial charge in [0.1, 0.15) is 5.82 Å². The van der Waals surface area contributed by atoms with E-state index in [4.69, 9.17) is 9.72 Å². The number of pyridine rings is 1. The van der Waals surface area contributed by atoms with Crippen LogP contribution in [0.5, 0.6) is 0 Å². The lowest BCUT2D eigenvalue weighted by molar-refractivity contribution is 0.0342. The number of rotatable bonds is 7. The van der Waals surface area contributed by atoms with Crippen LogP contribution in [0, 0.1) is 5.82 Å². The number of fused-ring (bicyclic) bond motifs is 1. The van der Waals surface area contributed by atoms with Crippen LogP contribution in [-0.2, 0) is 11.3 Å². The Morgan fingerprint density at radius 3 is 2.52 bits per heavy atom. The molecule has 0 aliphatic carbocycles. The Bertz CT molecular complexity index is 1120. The Morgan fingerprint density at radius 1 is 1.09 bits per heavy atom. The van der Waals surface area contributed by atoms with Crippen LogP contribution in [0.4, 0.5) is 4.39 Å². The van der Waals surface area contributed by atoms with Gasteiger partial charge in [-0.15, -0.1) is 14.1 Å². The van der Waals surface area contributed by atoms with Crippen molar-refractivity contribution in [3.63, 3.8) is 0 Å². The average Bonchev–Trinajstić information content (AvgIpc) is 2.78. The number of carbonyl (C=O) groups is 1. The largest absolute Gasteiger partial charge is 0.379 e. The van der Waals surface area contributed by atoms with E-state index in [2.05, 4.69) is 42.0 Å². The van der Waals surface area contributed by atoms with Crippen LogP contribution < -0.4 is 5.32 Å². The van der Waals surface area contributed by atoms with Crippen molar-refractivity contribution < 1.29 is 13.9 Å². The van der Waals surface area contributed by atoms with Gasteiger partial charge in [0.2, 0.25) is 0 Å². The second-order valence-corrected chi connectivity index (χ2v) is 15.5. The highest BCUT2D eigenvalue weighted by molar-refractivity contribution is 6.76. The summed E-state index contributed by atoms with van der Waals surface area (Å²) < 4.78 is 19.4. The smallest absolute Gasteiger partial charge is 0.251 e. The number of nitrogens with one attached hydrogen (secondary N) is 1. The Labute approximate surface area is 196 Å². The summed E-state index contributed by atoms with van der Waals surface area (Å²) in [4.78, 5) is 20.2. The van der Waals surface area contributed by atoms with Gasteiger partial charge in [-0.2, -0.15) is 19.6 Å². The van der Waals surface area contributed by atoms with Gasteiger partial charge in [0.25, 0.3) is 5.91 Å². The molecule has 1 aliphatic rings. The molecule has 0 spiro atoms. The first-order valence-corrected chi connectivity index (χ1v) is 15.3. The van der Waals surface area contributed by atoms with Crippen LogP contribution in [0.1, 0.15) is 15.9 Å². The molecule has 1 aromatic heterocycles. The molecule has 0 saturated carbocycles. The van der Waals surface area contributed by atoms with Crippen LogP contribution in [0.25, 0.3) is 22.2 Å². The number of benzene rings is 2. The zero-order chi connectivity index (χ0) is 23.4. The Balaban J connectivity index is 1.60. The van der Waals surface area contributed by atoms with E-state index in [1.807, 2.05) is 12.1 Å². The minimum absolute atomic E-state index is 0.184. The molecule has 175 valence electrons. The molecule has 1 N–H and O–H groups in total. The fourth-order valence-electron chi connectivity index (χ4n) is 3.98. The van der Waals surface area contributed by atoms with Crippen molar-refractivity contribution in [2.45, 2.75) is 32.2 Å². The van der Waals surface area contributed by atoms with Crippen LogP contribution >= 0.6 is 0 Å². The number of hydrogen-bond donors (Lipinski definition) is 1. The lowest BCUT2D eigenvalue weighted by atomic mass is 10.0. The molecule has 7 heteroatoms. The van der Waals surface area contributed by atoms with Gasteiger partial charge in [0.05, 0.1) is 30.0 Å². The van der Waals surface area contributed by atoms with Crippen LogP contribution in [0.2, 0.25) is 25.7 Å². The van der Waals surface area contributed by atoms with Gasteiger partial charge in [-0.05, 0) is 36.4 Å². The minimum Gasteiger partial charge on any atom is -0.379 e. The van der Waals surface area contributed by atoms with Gasteiger partial charge < -0.3 is 10.1 Å². The highest BCUT2D eigenvalue weighted by Crippen LogP contribution is 2.26. The Morgan fingerprint density at radius 2 is 1.82 bits per heavy atom. The zero-order valence-electron chi connectivity index (χ0n) is 19.7. The maximum atomic E-state index is 14.0. The van der Waals surface area contributed by atoms with E-state index in [-0.39, 0.29) is 11.7 Å². The van der Waals surface area contributed by atoms with Crippen molar-refractivity contribution in [1.82, 2.24) is 15.2 Å². The maximum absolute atomic E-state index is 14.0. The first-order chi connectivity index (χ1) is 15.8. The number of aromatic nitrogens is 1. The van der Waals surface area contributed by atoms with Gasteiger partial charge in [-0.1, -0.05) is 24.3 Å². The number of nitrogens with zero attached hydrogens (tertiary/aromatic N) is 2. The minimum atomic E-state index is -1.27. The Kier molecular flexibility index (Phi) is 7.22. The molecule has 3 aromatic rings. The van der Waals surface area contributed by atoms with Gasteiger partial charge in [0, 0.05) is 30.6 Å². The van der Waals surface area contributed by atoms with Crippen LogP contribution in [-0.4, -0.2) is 56.7 Å². The molecule has 1 fully saturated rings. The highest BCUT2D eigenvalue weighted by Gasteiger charge is 2.16. The third-order valence-corrected chi connectivity index (χ3v) is 7.69. The highest BCUT2D eigenvalue weighted by atomic mass is 28.3. The molecule has 2 heterocycles. The quantitative estimate of drug-likeness (QED) is 0.502. The summed E-state index contributed by atoms with van der Waals surface area (Å²) in [6.45, 7) is 11.8. The van der Waals surface area contributed by atoms with Gasteiger partial charge in [-0.3, -0.25) is 9.69 Å². The summed E-state index contributed by atoms with van der Waals surface area (Å²) in [6.07, 6.45) is 0. The number of carbonyl (C=O) groups excluding carboxylic acids is 1. The van der Waals surface area contributed by atoms with E-state index < -0.39 is 8.07 Å². The molecule has 0 unspecified atom stereocenters. The van der Waals surface area contributed by atoms with E-state index in [1.54, 1.807) is 12.1 Å². The van der Waals surface area contributed by atoms with Crippen molar-refractivity contribution in [2.75, 3.05) is 32.8 Å². The topological polar surface area (TPSA) is 54.5 Å². The van der Waals surface area contributed by atoms with Crippen molar-refractivity contribution in [3.05, 3.63) is 65.5 Å². The van der Waals surface area contributed by atoms with E-state index in [9.17, 15) is 9.18 Å². The third kappa shape index (κ3) is 6.25. The van der Waals surface area contributed by atoms with Gasteiger partial charge in [-0.25, -0.2) is 9.37 Å². The SMILES string of the molecule is C[Si-](C)(C)CCNC(=O)c1cc(-c2ccc(CN3CCOCC3)cc2)nc2ccc(F)cc12. The molecule has 4 rings (SSSR count). The van der Waals surface area contributed by atoms with Crippen LogP contribution in [0.15, 0.2) is 48.5 Å². The monoisotopic (exact) mass is 465 g/mol. The number of morpholine rings is 1. The first-order valence-electron chi connectivity index (χ1n) is 11.6. The average molecular weight is 466 g/mol. The van der Waals surface area contributed by atoms with Crippen molar-refractivity contribution in [1.29, 1.82) is 0 Å². The molecule has 1 amide bonds. The summed E-state index contributed by atoms with van der Waals surface area (Å²) in [5, 5.41) is 3.57. The summed E-state index contributed by atoms with van der Waals surface area (Å²) in [6, 6.07) is 15.5.